The quantitative estimate of drug-likeness (QED) is 0.0577. The molecular formula is C67H96O15. The highest BCUT2D eigenvalue weighted by Crippen LogP contribution is 2.63. The summed E-state index contributed by atoms with van der Waals surface area (Å²) < 4.78 is 42.9. The fraction of sp³-hybridized carbons (Fsp3) is 0.776. The van der Waals surface area contributed by atoms with Crippen LogP contribution in [-0.4, -0.2) is 91.3 Å². The Morgan fingerprint density at radius 1 is 0.366 bits per heavy atom. The monoisotopic (exact) mass is 1140 g/mol. The van der Waals surface area contributed by atoms with Crippen LogP contribution in [0.15, 0.2) is 48.6 Å². The first-order chi connectivity index (χ1) is 38.8. The number of carbonyl (C=O) groups is 7. The zero-order valence-corrected chi connectivity index (χ0v) is 50.4. The first-order valence-corrected chi connectivity index (χ1v) is 31.4. The van der Waals surface area contributed by atoms with Crippen molar-refractivity contribution in [1.82, 2.24) is 0 Å². The van der Waals surface area contributed by atoms with Crippen LogP contribution in [0.3, 0.4) is 0 Å². The average Bonchev–Trinajstić information content (AvgIpc) is 2.93. The lowest BCUT2D eigenvalue weighted by Crippen LogP contribution is -2.59. The zero-order valence-electron chi connectivity index (χ0n) is 50.4. The predicted octanol–water partition coefficient (Wildman–Crippen LogP) is 11.9. The van der Waals surface area contributed by atoms with Gasteiger partial charge in [0.2, 0.25) is 0 Å². The van der Waals surface area contributed by atoms with E-state index in [9.17, 15) is 33.6 Å². The number of ether oxygens (including phenoxy) is 8. The van der Waals surface area contributed by atoms with Gasteiger partial charge in [-0.2, -0.15) is 0 Å². The van der Waals surface area contributed by atoms with E-state index >= 15 is 0 Å². The molecule has 0 atom stereocenters. The van der Waals surface area contributed by atoms with Gasteiger partial charge in [0.15, 0.2) is 26.6 Å². The predicted molar refractivity (Wildman–Crippen MR) is 304 cm³/mol. The van der Waals surface area contributed by atoms with Crippen molar-refractivity contribution in [2.75, 3.05) is 26.6 Å². The fourth-order valence-corrected chi connectivity index (χ4v) is 19.3. The van der Waals surface area contributed by atoms with Gasteiger partial charge in [0.1, 0.15) is 16.8 Å². The van der Waals surface area contributed by atoms with Crippen LogP contribution in [-0.2, 0) is 71.5 Å². The highest BCUT2D eigenvalue weighted by Gasteiger charge is 2.60. The lowest BCUT2D eigenvalue weighted by Gasteiger charge is -2.60. The molecule has 454 valence electrons. The van der Waals surface area contributed by atoms with E-state index in [1.807, 2.05) is 6.92 Å². The normalized spacial score (nSPS) is 39.8. The molecule has 0 aromatic rings. The molecule has 0 aromatic carbocycles. The van der Waals surface area contributed by atoms with Crippen molar-refractivity contribution in [2.45, 2.75) is 206 Å². The van der Waals surface area contributed by atoms with Gasteiger partial charge in [-0.25, -0.2) is 33.6 Å². The van der Waals surface area contributed by atoms with Crippen LogP contribution >= 0.6 is 0 Å². The van der Waals surface area contributed by atoms with Crippen LogP contribution < -0.4 is 0 Å². The summed E-state index contributed by atoms with van der Waals surface area (Å²) in [4.78, 5) is 81.6. The molecule has 82 heavy (non-hydrogen) atoms. The van der Waals surface area contributed by atoms with Crippen LogP contribution in [0, 0.1) is 94.7 Å². The van der Waals surface area contributed by atoms with E-state index in [1.54, 1.807) is 20.8 Å². The molecule has 0 N–H and O–H groups in total. The van der Waals surface area contributed by atoms with Crippen molar-refractivity contribution in [3.05, 3.63) is 48.6 Å². The van der Waals surface area contributed by atoms with Gasteiger partial charge in [-0.3, -0.25) is 0 Å². The topological polar surface area (TPSA) is 193 Å². The minimum Gasteiger partial charge on any atom is -0.456 e. The molecule has 16 fully saturated rings. The molecule has 0 aromatic heterocycles. The van der Waals surface area contributed by atoms with Crippen molar-refractivity contribution in [1.29, 1.82) is 0 Å². The summed E-state index contributed by atoms with van der Waals surface area (Å²) in [6.07, 6.45) is 26.6. The van der Waals surface area contributed by atoms with Crippen molar-refractivity contribution < 1.29 is 71.5 Å². The fourth-order valence-electron chi connectivity index (χ4n) is 19.3. The molecule has 16 aliphatic carbocycles. The molecule has 0 amide bonds. The standard InChI is InChI=1S/C19H26O6.C17H24O4.C16H24O2.C15H22O3/c1-11(2)18(22)24-9-16(20)23-10-17(21)25-19(3)14-5-12-4-13(7-14)8-15(19)6-12;1-10(2)16(19)20-9-15(18)21-17(3)13-5-11-4-12(7-13)8-14(17)6-11;1-4-16(18-15(17)10(2)3)13-6-11-5-12(8-13)9-14(16)7-11;1-9(2)15(16)18-8-17-14-12-4-10-3-11(6-12)7-13(14)5-10/h12-15H,1,4-10H2,2-3H3;11-14H,1,4-9H2,2-3H3;11-14H,2,4-9H2,1,3H3;10-14H,1,3-8H2,2H3. The van der Waals surface area contributed by atoms with Gasteiger partial charge in [-0.05, 0) is 271 Å². The van der Waals surface area contributed by atoms with Gasteiger partial charge in [0.05, 0.1) is 6.10 Å². The summed E-state index contributed by atoms with van der Waals surface area (Å²) in [5.74, 6) is 7.94. The Morgan fingerprint density at radius 3 is 0.988 bits per heavy atom. The van der Waals surface area contributed by atoms with Crippen LogP contribution in [0.25, 0.3) is 0 Å². The van der Waals surface area contributed by atoms with Gasteiger partial charge < -0.3 is 37.9 Å². The summed E-state index contributed by atoms with van der Waals surface area (Å²) >= 11 is 0. The number of esters is 7. The molecule has 15 nitrogen and oxygen atoms in total. The van der Waals surface area contributed by atoms with Gasteiger partial charge in [0.25, 0.3) is 0 Å². The molecule has 16 bridgehead atoms. The van der Waals surface area contributed by atoms with Gasteiger partial charge >= 0.3 is 41.8 Å². The third-order valence-corrected chi connectivity index (χ3v) is 22.5. The molecule has 0 spiro atoms. The maximum absolute atomic E-state index is 12.2. The molecule has 0 radical (unpaired) electrons. The lowest BCUT2D eigenvalue weighted by atomic mass is 9.49. The molecule has 0 unspecified atom stereocenters. The second-order valence-corrected chi connectivity index (χ2v) is 28.5. The van der Waals surface area contributed by atoms with E-state index in [0.29, 0.717) is 70.2 Å². The second kappa shape index (κ2) is 25.4. The molecule has 0 saturated heterocycles. The molecule has 16 saturated carbocycles. The summed E-state index contributed by atoms with van der Waals surface area (Å²) in [6.45, 7) is 25.8. The van der Waals surface area contributed by atoms with E-state index in [-0.39, 0.29) is 42.1 Å². The van der Waals surface area contributed by atoms with Gasteiger partial charge in [-0.1, -0.05) is 33.2 Å². The number of rotatable bonds is 17. The van der Waals surface area contributed by atoms with Crippen molar-refractivity contribution in [3.8, 4) is 0 Å². The minimum absolute atomic E-state index is 0.0959. The van der Waals surface area contributed by atoms with E-state index in [0.717, 1.165) is 79.4 Å². The highest BCUT2D eigenvalue weighted by atomic mass is 16.7. The Hall–Kier alpha value is -4.79. The lowest BCUT2D eigenvalue weighted by molar-refractivity contribution is -0.207. The molecule has 15 heteroatoms. The summed E-state index contributed by atoms with van der Waals surface area (Å²) in [7, 11) is 0. The Balaban J connectivity index is 0.000000133. The van der Waals surface area contributed by atoms with Gasteiger partial charge in [-0.15, -0.1) is 0 Å². The maximum atomic E-state index is 12.2. The number of carbonyl (C=O) groups excluding carboxylic acids is 7. The summed E-state index contributed by atoms with van der Waals surface area (Å²) in [5, 5.41) is 0. The molecule has 0 aliphatic heterocycles. The molecule has 16 rings (SSSR count). The van der Waals surface area contributed by atoms with Crippen LogP contribution in [0.4, 0.5) is 0 Å². The Kier molecular flexibility index (Phi) is 19.2. The van der Waals surface area contributed by atoms with Crippen LogP contribution in [0.2, 0.25) is 0 Å². The molecule has 16 aliphatic rings. The van der Waals surface area contributed by atoms with Crippen molar-refractivity contribution >= 4 is 41.8 Å². The highest BCUT2D eigenvalue weighted by molar-refractivity contribution is 5.89. The molecule has 0 heterocycles. The Labute approximate surface area is 487 Å². The SMILES string of the molecule is C=C(C)C(=O)OC1(CC)C2CC3CC(C2)CC1C3.C=C(C)C(=O)OCC(=O)OC1(C)C2CC3CC(C2)CC1C3.C=C(C)C(=O)OCC(=O)OCC(=O)OC1(C)C2CC3CC(C2)CC1C3.C=C(C)C(=O)OCOC1C2CC3CC(C2)CC1C3. The first-order valence-electron chi connectivity index (χ1n) is 31.4. The van der Waals surface area contributed by atoms with Crippen LogP contribution in [0.5, 0.6) is 0 Å². The third kappa shape index (κ3) is 13.6. The van der Waals surface area contributed by atoms with Gasteiger partial charge in [0, 0.05) is 22.3 Å². The Bertz CT molecular complexity index is 2370. The number of hydrogen-bond donors (Lipinski definition) is 0. The van der Waals surface area contributed by atoms with E-state index < -0.39 is 48.7 Å². The van der Waals surface area contributed by atoms with Crippen LogP contribution in [0.1, 0.15) is 183 Å². The second-order valence-electron chi connectivity index (χ2n) is 28.5. The van der Waals surface area contributed by atoms with Crippen molar-refractivity contribution in [2.24, 2.45) is 94.7 Å². The first kappa shape index (κ1) is 61.8. The number of hydrogen-bond acceptors (Lipinski definition) is 15. The summed E-state index contributed by atoms with van der Waals surface area (Å²) in [5.41, 5.74) is 0.499. The smallest absolute Gasteiger partial charge is 0.344 e. The third-order valence-electron chi connectivity index (χ3n) is 22.5. The van der Waals surface area contributed by atoms with Crippen molar-refractivity contribution in [3.63, 3.8) is 0 Å². The summed E-state index contributed by atoms with van der Waals surface area (Å²) in [6, 6.07) is 0. The largest absolute Gasteiger partial charge is 0.456 e. The Morgan fingerprint density at radius 2 is 0.659 bits per heavy atom. The van der Waals surface area contributed by atoms with E-state index in [1.165, 1.54) is 110 Å². The zero-order chi connectivity index (χ0) is 59.0. The minimum atomic E-state index is -0.776. The van der Waals surface area contributed by atoms with E-state index in [2.05, 4.69) is 44.9 Å². The van der Waals surface area contributed by atoms with E-state index in [4.69, 9.17) is 33.2 Å². The molecular weight excluding hydrogens is 1040 g/mol. The maximum Gasteiger partial charge on any atom is 0.344 e. The average molecular weight is 1140 g/mol.